The van der Waals surface area contributed by atoms with Crippen molar-refractivity contribution in [3.05, 3.63) is 35.4 Å². The second kappa shape index (κ2) is 3.82. The van der Waals surface area contributed by atoms with Crippen LogP contribution in [0.1, 0.15) is 43.2 Å². The van der Waals surface area contributed by atoms with Gasteiger partial charge in [-0.2, -0.15) is 0 Å². The van der Waals surface area contributed by atoms with Gasteiger partial charge in [0.25, 0.3) is 0 Å². The number of benzene rings is 1. The van der Waals surface area contributed by atoms with Gasteiger partial charge >= 0.3 is 0 Å². The van der Waals surface area contributed by atoms with E-state index in [-0.39, 0.29) is 11.0 Å². The molecule has 2 fully saturated rings. The maximum atomic E-state index is 6.03. The van der Waals surface area contributed by atoms with Gasteiger partial charge in [-0.1, -0.05) is 30.7 Å². The summed E-state index contributed by atoms with van der Waals surface area (Å²) in [6.07, 6.45) is 6.09. The van der Waals surface area contributed by atoms with E-state index in [1.807, 2.05) is 7.11 Å². The zero-order valence-electron chi connectivity index (χ0n) is 10.5. The molecule has 2 nitrogen and oxygen atoms in total. The van der Waals surface area contributed by atoms with E-state index in [0.717, 1.165) is 19.4 Å². The van der Waals surface area contributed by atoms with Crippen LogP contribution in [0.2, 0.25) is 0 Å². The second-order valence-corrected chi connectivity index (χ2v) is 5.58. The summed E-state index contributed by atoms with van der Waals surface area (Å²) in [7, 11) is 1.83. The SMILES string of the molecule is COC1(c2ccccc2C2(CN)CCC2)CC1. The summed E-state index contributed by atoms with van der Waals surface area (Å²) in [4.78, 5) is 0. The van der Waals surface area contributed by atoms with Crippen LogP contribution in [0, 0.1) is 0 Å². The molecule has 92 valence electrons. The van der Waals surface area contributed by atoms with Crippen LogP contribution < -0.4 is 5.73 Å². The number of ether oxygens (including phenoxy) is 1. The number of methoxy groups -OCH3 is 1. The Morgan fingerprint density at radius 2 is 1.76 bits per heavy atom. The fraction of sp³-hybridized carbons (Fsp3) is 0.600. The molecule has 0 aliphatic heterocycles. The van der Waals surface area contributed by atoms with Gasteiger partial charge in [-0.05, 0) is 36.8 Å². The predicted molar refractivity (Wildman–Crippen MR) is 68.9 cm³/mol. The van der Waals surface area contributed by atoms with E-state index in [4.69, 9.17) is 10.5 Å². The number of rotatable bonds is 4. The molecule has 1 aromatic carbocycles. The third-order valence-electron chi connectivity index (χ3n) is 4.79. The molecule has 0 atom stereocenters. The minimum atomic E-state index is 0.00829. The Hall–Kier alpha value is -0.860. The molecular weight excluding hydrogens is 210 g/mol. The third kappa shape index (κ3) is 1.54. The van der Waals surface area contributed by atoms with E-state index in [1.165, 1.54) is 30.4 Å². The standard InChI is InChI=1S/C15H21NO/c1-17-15(9-10-15)13-6-3-2-5-12(13)14(11-16)7-4-8-14/h2-3,5-6H,4,7-11,16H2,1H3. The fourth-order valence-corrected chi connectivity index (χ4v) is 3.23. The van der Waals surface area contributed by atoms with Gasteiger partial charge in [0.15, 0.2) is 0 Å². The lowest BCUT2D eigenvalue weighted by molar-refractivity contribution is 0.0755. The normalized spacial score (nSPS) is 24.1. The van der Waals surface area contributed by atoms with Gasteiger partial charge in [-0.25, -0.2) is 0 Å². The van der Waals surface area contributed by atoms with E-state index >= 15 is 0 Å². The molecule has 2 heteroatoms. The Kier molecular flexibility index (Phi) is 2.53. The lowest BCUT2D eigenvalue weighted by Gasteiger charge is -2.43. The molecule has 1 aromatic rings. The van der Waals surface area contributed by atoms with Gasteiger partial charge < -0.3 is 10.5 Å². The van der Waals surface area contributed by atoms with Crippen molar-refractivity contribution >= 4 is 0 Å². The summed E-state index contributed by atoms with van der Waals surface area (Å²) in [6.45, 7) is 0.768. The number of hydrogen-bond acceptors (Lipinski definition) is 2. The molecule has 2 N–H and O–H groups in total. The second-order valence-electron chi connectivity index (χ2n) is 5.58. The van der Waals surface area contributed by atoms with Gasteiger partial charge in [0.1, 0.15) is 0 Å². The molecule has 0 radical (unpaired) electrons. The summed E-state index contributed by atoms with van der Waals surface area (Å²) in [5.41, 5.74) is 9.13. The summed E-state index contributed by atoms with van der Waals surface area (Å²) in [5.74, 6) is 0. The average molecular weight is 231 g/mol. The summed E-state index contributed by atoms with van der Waals surface area (Å²) < 4.78 is 5.74. The quantitative estimate of drug-likeness (QED) is 0.864. The molecule has 0 amide bonds. The van der Waals surface area contributed by atoms with Crippen LogP contribution in [-0.2, 0) is 15.8 Å². The molecule has 0 unspecified atom stereocenters. The minimum absolute atomic E-state index is 0.00829. The van der Waals surface area contributed by atoms with Crippen molar-refractivity contribution in [1.82, 2.24) is 0 Å². The number of hydrogen-bond donors (Lipinski definition) is 1. The van der Waals surface area contributed by atoms with E-state index in [0.29, 0.717) is 0 Å². The number of nitrogens with two attached hydrogens (primary N) is 1. The monoisotopic (exact) mass is 231 g/mol. The van der Waals surface area contributed by atoms with Crippen LogP contribution >= 0.6 is 0 Å². The molecule has 3 rings (SSSR count). The Morgan fingerprint density at radius 1 is 1.12 bits per heavy atom. The Labute approximate surface area is 103 Å². The van der Waals surface area contributed by atoms with Crippen molar-refractivity contribution in [1.29, 1.82) is 0 Å². The molecule has 0 heterocycles. The van der Waals surface area contributed by atoms with Crippen molar-refractivity contribution in [2.75, 3.05) is 13.7 Å². The van der Waals surface area contributed by atoms with Crippen LogP contribution in [0.15, 0.2) is 24.3 Å². The Balaban J connectivity index is 2.05. The van der Waals surface area contributed by atoms with Crippen molar-refractivity contribution in [3.63, 3.8) is 0 Å². The molecule has 0 aromatic heterocycles. The van der Waals surface area contributed by atoms with Crippen molar-refractivity contribution in [2.45, 2.75) is 43.1 Å². The highest BCUT2D eigenvalue weighted by Crippen LogP contribution is 2.54. The summed E-state index contributed by atoms with van der Waals surface area (Å²) >= 11 is 0. The first-order valence-corrected chi connectivity index (χ1v) is 6.62. The van der Waals surface area contributed by atoms with Crippen LogP contribution in [0.4, 0.5) is 0 Å². The van der Waals surface area contributed by atoms with Gasteiger partial charge in [-0.3, -0.25) is 0 Å². The average Bonchev–Trinajstić information content (AvgIpc) is 3.10. The first-order valence-electron chi connectivity index (χ1n) is 6.62. The smallest absolute Gasteiger partial charge is 0.0932 e. The zero-order chi connectivity index (χ0) is 11.9. The third-order valence-corrected chi connectivity index (χ3v) is 4.79. The lowest BCUT2D eigenvalue weighted by Crippen LogP contribution is -2.43. The van der Waals surface area contributed by atoms with Crippen LogP contribution in [-0.4, -0.2) is 13.7 Å². The summed E-state index contributed by atoms with van der Waals surface area (Å²) in [5, 5.41) is 0. The molecule has 0 bridgehead atoms. The maximum Gasteiger partial charge on any atom is 0.0932 e. The van der Waals surface area contributed by atoms with Gasteiger partial charge in [0.2, 0.25) is 0 Å². The van der Waals surface area contributed by atoms with Crippen molar-refractivity contribution < 1.29 is 4.74 Å². The fourth-order valence-electron chi connectivity index (χ4n) is 3.23. The molecular formula is C15H21NO. The van der Waals surface area contributed by atoms with Crippen molar-refractivity contribution in [3.8, 4) is 0 Å². The minimum Gasteiger partial charge on any atom is -0.374 e. The van der Waals surface area contributed by atoms with E-state index in [2.05, 4.69) is 24.3 Å². The van der Waals surface area contributed by atoms with Crippen LogP contribution in [0.5, 0.6) is 0 Å². The van der Waals surface area contributed by atoms with Gasteiger partial charge in [0, 0.05) is 19.1 Å². The molecule has 2 aliphatic carbocycles. The molecule has 0 saturated heterocycles. The highest BCUT2D eigenvalue weighted by molar-refractivity contribution is 5.42. The molecule has 2 aliphatic rings. The lowest BCUT2D eigenvalue weighted by atomic mass is 9.63. The molecule has 0 spiro atoms. The van der Waals surface area contributed by atoms with E-state index in [1.54, 1.807) is 0 Å². The van der Waals surface area contributed by atoms with Gasteiger partial charge in [0.05, 0.1) is 5.60 Å². The first kappa shape index (κ1) is 11.2. The Bertz CT molecular complexity index is 413. The highest BCUT2D eigenvalue weighted by Gasteiger charge is 2.49. The van der Waals surface area contributed by atoms with Crippen LogP contribution in [0.3, 0.4) is 0 Å². The molecule has 17 heavy (non-hydrogen) atoms. The maximum absolute atomic E-state index is 6.03. The van der Waals surface area contributed by atoms with Crippen molar-refractivity contribution in [2.24, 2.45) is 5.73 Å². The topological polar surface area (TPSA) is 35.2 Å². The van der Waals surface area contributed by atoms with Crippen LogP contribution in [0.25, 0.3) is 0 Å². The zero-order valence-corrected chi connectivity index (χ0v) is 10.5. The van der Waals surface area contributed by atoms with E-state index < -0.39 is 0 Å². The largest absolute Gasteiger partial charge is 0.374 e. The van der Waals surface area contributed by atoms with E-state index in [9.17, 15) is 0 Å². The Morgan fingerprint density at radius 3 is 2.18 bits per heavy atom. The molecule has 2 saturated carbocycles. The van der Waals surface area contributed by atoms with Gasteiger partial charge in [-0.15, -0.1) is 0 Å². The highest BCUT2D eigenvalue weighted by atomic mass is 16.5. The predicted octanol–water partition coefficient (Wildman–Crippen LogP) is 2.70. The summed E-state index contributed by atoms with van der Waals surface area (Å²) in [6, 6.07) is 8.77. The first-order chi connectivity index (χ1) is 8.26.